The molecule has 0 aliphatic carbocycles. The number of carbonyl (C=O) groups excluding carboxylic acids is 1. The number of ether oxygens (including phenoxy) is 1. The summed E-state index contributed by atoms with van der Waals surface area (Å²) in [6.45, 7) is 1.97. The van der Waals surface area contributed by atoms with Crippen LogP contribution in [-0.2, 0) is 4.79 Å². The largest absolute Gasteiger partial charge is 0.497 e. The number of aromatic nitrogens is 4. The number of nitrogens with zero attached hydrogens (tertiary/aromatic N) is 3. The van der Waals surface area contributed by atoms with Gasteiger partial charge < -0.3 is 14.5 Å². The summed E-state index contributed by atoms with van der Waals surface area (Å²) in [7, 11) is 1.64. The molecule has 0 fully saturated rings. The maximum atomic E-state index is 12.4. The number of pyridine rings is 1. The van der Waals surface area contributed by atoms with Crippen LogP contribution in [0.3, 0.4) is 0 Å². The van der Waals surface area contributed by atoms with Gasteiger partial charge in [0.15, 0.2) is 5.82 Å². The lowest BCUT2D eigenvalue weighted by molar-refractivity contribution is -0.116. The number of hydrogen-bond donors (Lipinski definition) is 2. The van der Waals surface area contributed by atoms with Gasteiger partial charge in [0, 0.05) is 29.7 Å². The monoisotopic (exact) mass is 373 g/mol. The second-order valence-corrected chi connectivity index (χ2v) is 6.90. The van der Waals surface area contributed by atoms with Crippen molar-refractivity contribution in [3.63, 3.8) is 0 Å². The lowest BCUT2D eigenvalue weighted by atomic mass is 9.87. The van der Waals surface area contributed by atoms with Crippen LogP contribution in [0, 0.1) is 6.92 Å². The van der Waals surface area contributed by atoms with Gasteiger partial charge in [-0.05, 0) is 31.2 Å². The first-order valence-corrected chi connectivity index (χ1v) is 9.12. The minimum atomic E-state index is -0.185. The summed E-state index contributed by atoms with van der Waals surface area (Å²) in [5, 5.41) is 10.4. The van der Waals surface area contributed by atoms with E-state index in [-0.39, 0.29) is 11.8 Å². The fourth-order valence-electron chi connectivity index (χ4n) is 3.96. The van der Waals surface area contributed by atoms with Crippen molar-refractivity contribution >= 4 is 17.2 Å². The third-order valence-electron chi connectivity index (χ3n) is 5.24. The number of anilines is 1. The Morgan fingerprint density at radius 2 is 2.11 bits per heavy atom. The van der Waals surface area contributed by atoms with Crippen LogP contribution in [0.1, 0.15) is 29.4 Å². The summed E-state index contributed by atoms with van der Waals surface area (Å²) in [5.74, 6) is 1.98. The third kappa shape index (κ3) is 2.47. The summed E-state index contributed by atoms with van der Waals surface area (Å²) in [5.41, 5.74) is 4.67. The van der Waals surface area contributed by atoms with Gasteiger partial charge in [-0.25, -0.2) is 4.98 Å². The third-order valence-corrected chi connectivity index (χ3v) is 5.24. The van der Waals surface area contributed by atoms with Crippen molar-refractivity contribution in [3.8, 4) is 17.0 Å². The second-order valence-electron chi connectivity index (χ2n) is 6.90. The Morgan fingerprint density at radius 3 is 2.96 bits per heavy atom. The van der Waals surface area contributed by atoms with Gasteiger partial charge >= 0.3 is 0 Å². The van der Waals surface area contributed by atoms with Crippen LogP contribution in [0.25, 0.3) is 16.8 Å². The van der Waals surface area contributed by atoms with Gasteiger partial charge in [-0.1, -0.05) is 18.2 Å². The van der Waals surface area contributed by atoms with Crippen LogP contribution < -0.4 is 10.1 Å². The van der Waals surface area contributed by atoms with E-state index in [2.05, 4.69) is 15.5 Å². The number of fused-ring (bicyclic) bond motifs is 2. The van der Waals surface area contributed by atoms with Crippen LogP contribution in [-0.4, -0.2) is 32.6 Å². The van der Waals surface area contributed by atoms with Crippen molar-refractivity contribution in [3.05, 3.63) is 65.7 Å². The molecular weight excluding hydrogens is 354 g/mol. The summed E-state index contributed by atoms with van der Waals surface area (Å²) in [4.78, 5) is 17.2. The highest BCUT2D eigenvalue weighted by Gasteiger charge is 2.34. The van der Waals surface area contributed by atoms with Crippen LogP contribution in [0.4, 0.5) is 5.82 Å². The zero-order valence-electron chi connectivity index (χ0n) is 15.6. The zero-order valence-corrected chi connectivity index (χ0v) is 15.6. The second kappa shape index (κ2) is 6.23. The lowest BCUT2D eigenvalue weighted by Crippen LogP contribution is -2.23. The van der Waals surface area contributed by atoms with Crippen LogP contribution in [0.2, 0.25) is 0 Å². The van der Waals surface area contributed by atoms with E-state index in [1.165, 1.54) is 0 Å². The van der Waals surface area contributed by atoms with Gasteiger partial charge in [-0.2, -0.15) is 5.10 Å². The predicted octanol–water partition coefficient (Wildman–Crippen LogP) is 3.52. The Kier molecular flexibility index (Phi) is 3.68. The van der Waals surface area contributed by atoms with Crippen molar-refractivity contribution in [2.75, 3.05) is 12.4 Å². The van der Waals surface area contributed by atoms with E-state index in [0.717, 1.165) is 39.6 Å². The van der Waals surface area contributed by atoms with Gasteiger partial charge in [0.25, 0.3) is 0 Å². The quantitative estimate of drug-likeness (QED) is 0.575. The molecule has 7 heteroatoms. The SMILES string of the molecule is COc1cccc(-c2[nH]nc3c2C(c2nc(C)n4ccccc24)CC(=O)N3)c1. The normalized spacial score (nSPS) is 16.1. The Labute approximate surface area is 161 Å². The number of aryl methyl sites for hydroxylation is 1. The molecule has 1 aromatic carbocycles. The van der Waals surface area contributed by atoms with Crippen molar-refractivity contribution in [1.82, 2.24) is 19.6 Å². The minimum Gasteiger partial charge on any atom is -0.497 e. The molecule has 28 heavy (non-hydrogen) atoms. The lowest BCUT2D eigenvalue weighted by Gasteiger charge is -2.22. The fourth-order valence-corrected chi connectivity index (χ4v) is 3.96. The van der Waals surface area contributed by atoms with Crippen LogP contribution >= 0.6 is 0 Å². The molecule has 0 radical (unpaired) electrons. The molecule has 4 heterocycles. The van der Waals surface area contributed by atoms with Gasteiger partial charge in [0.1, 0.15) is 11.6 Å². The maximum Gasteiger partial charge on any atom is 0.226 e. The number of rotatable bonds is 3. The number of hydrogen-bond acceptors (Lipinski definition) is 4. The standard InChI is InChI=1S/C21H19N5O2/c1-12-22-20(16-8-3-4-9-26(12)16)15-11-17(27)23-21-18(15)19(24-25-21)13-6-5-7-14(10-13)28-2/h3-10,15H,11H2,1-2H3,(H2,23,24,25,27). The number of nitrogens with one attached hydrogen (secondary N) is 2. The van der Waals surface area contributed by atoms with Crippen LogP contribution in [0.5, 0.6) is 5.75 Å². The summed E-state index contributed by atoms with van der Waals surface area (Å²) in [6, 6.07) is 13.8. The van der Waals surface area contributed by atoms with E-state index in [4.69, 9.17) is 9.72 Å². The molecule has 0 bridgehead atoms. The first-order chi connectivity index (χ1) is 13.7. The van der Waals surface area contributed by atoms with E-state index in [1.807, 2.05) is 60.0 Å². The number of amides is 1. The van der Waals surface area contributed by atoms with Crippen molar-refractivity contribution in [2.24, 2.45) is 0 Å². The van der Waals surface area contributed by atoms with Gasteiger partial charge in [-0.15, -0.1) is 0 Å². The Balaban J connectivity index is 1.72. The highest BCUT2D eigenvalue weighted by Crippen LogP contribution is 2.43. The Bertz CT molecular complexity index is 1210. The molecule has 1 atom stereocenters. The molecule has 3 aromatic heterocycles. The molecule has 0 saturated heterocycles. The molecule has 5 rings (SSSR count). The number of aromatic amines is 1. The molecule has 1 unspecified atom stereocenters. The number of benzene rings is 1. The number of imidazole rings is 1. The molecule has 2 N–H and O–H groups in total. The fraction of sp³-hybridized carbons (Fsp3) is 0.190. The van der Waals surface area contributed by atoms with E-state index >= 15 is 0 Å². The number of methoxy groups -OCH3 is 1. The number of H-pyrrole nitrogens is 1. The van der Waals surface area contributed by atoms with Crippen molar-refractivity contribution < 1.29 is 9.53 Å². The molecule has 0 spiro atoms. The minimum absolute atomic E-state index is 0.0593. The Morgan fingerprint density at radius 1 is 1.21 bits per heavy atom. The van der Waals surface area contributed by atoms with Crippen molar-refractivity contribution in [2.45, 2.75) is 19.3 Å². The molecule has 1 amide bonds. The molecular formula is C21H19N5O2. The van der Waals surface area contributed by atoms with E-state index < -0.39 is 0 Å². The molecule has 4 aromatic rings. The van der Waals surface area contributed by atoms with Gasteiger partial charge in [0.2, 0.25) is 5.91 Å². The van der Waals surface area contributed by atoms with Gasteiger partial charge in [0.05, 0.1) is 24.0 Å². The predicted molar refractivity (Wildman–Crippen MR) is 106 cm³/mol. The molecule has 0 saturated carbocycles. The number of carbonyl (C=O) groups is 1. The summed E-state index contributed by atoms with van der Waals surface area (Å²) < 4.78 is 7.42. The highest BCUT2D eigenvalue weighted by molar-refractivity contribution is 5.96. The first kappa shape index (κ1) is 16.6. The van der Waals surface area contributed by atoms with E-state index in [0.29, 0.717) is 12.2 Å². The van der Waals surface area contributed by atoms with E-state index in [1.54, 1.807) is 7.11 Å². The van der Waals surface area contributed by atoms with E-state index in [9.17, 15) is 4.79 Å². The van der Waals surface area contributed by atoms with Crippen LogP contribution in [0.15, 0.2) is 48.7 Å². The van der Waals surface area contributed by atoms with Gasteiger partial charge in [-0.3, -0.25) is 9.89 Å². The molecule has 1 aliphatic rings. The summed E-state index contributed by atoms with van der Waals surface area (Å²) in [6.07, 6.45) is 2.31. The highest BCUT2D eigenvalue weighted by atomic mass is 16.5. The molecule has 7 nitrogen and oxygen atoms in total. The topological polar surface area (TPSA) is 84.3 Å². The molecule has 140 valence electrons. The average molecular weight is 373 g/mol. The maximum absolute atomic E-state index is 12.4. The average Bonchev–Trinajstić information content (AvgIpc) is 3.29. The summed E-state index contributed by atoms with van der Waals surface area (Å²) >= 11 is 0. The zero-order chi connectivity index (χ0) is 19.3. The smallest absolute Gasteiger partial charge is 0.226 e. The first-order valence-electron chi connectivity index (χ1n) is 9.12. The Hall–Kier alpha value is -3.61. The molecule has 1 aliphatic heterocycles. The van der Waals surface area contributed by atoms with Crippen molar-refractivity contribution in [1.29, 1.82) is 0 Å².